The zero-order valence-electron chi connectivity index (χ0n) is 12.7. The number of hydrogen-bond acceptors (Lipinski definition) is 4. The number of nitrogens with zero attached hydrogens (tertiary/aromatic N) is 1. The molecule has 0 fully saturated rings. The van der Waals surface area contributed by atoms with E-state index < -0.39 is 5.97 Å². The van der Waals surface area contributed by atoms with Crippen LogP contribution in [-0.2, 0) is 4.79 Å². The highest BCUT2D eigenvalue weighted by Crippen LogP contribution is 2.26. The van der Waals surface area contributed by atoms with E-state index >= 15 is 0 Å². The van der Waals surface area contributed by atoms with Crippen molar-refractivity contribution < 1.29 is 19.2 Å². The molecule has 22 heavy (non-hydrogen) atoms. The highest BCUT2D eigenvalue weighted by molar-refractivity contribution is 5.94. The number of benzene rings is 1. The average Bonchev–Trinajstić information content (AvgIpc) is 2.78. The largest absolute Gasteiger partial charge is 0.478 e. The number of aromatic carboxylic acids is 1. The van der Waals surface area contributed by atoms with Gasteiger partial charge >= 0.3 is 5.97 Å². The zero-order valence-corrected chi connectivity index (χ0v) is 12.7. The molecule has 0 aliphatic rings. The lowest BCUT2D eigenvalue weighted by Crippen LogP contribution is -2.15. The van der Waals surface area contributed by atoms with Crippen molar-refractivity contribution in [3.63, 3.8) is 0 Å². The second-order valence-corrected chi connectivity index (χ2v) is 5.28. The summed E-state index contributed by atoms with van der Waals surface area (Å²) in [6, 6.07) is 6.16. The standard InChI is InChI=1S/C16H18N2O4/c1-9(15-10(2)18-22-11(15)3)7-14(19)17-13-6-4-5-12(8-13)16(20)21/h4-6,8-9H,7H2,1-3H3,(H,17,19)(H,20,21). The number of aryl methyl sites for hydroxylation is 2. The molecule has 1 atom stereocenters. The number of carboxylic acids is 1. The summed E-state index contributed by atoms with van der Waals surface area (Å²) in [5, 5.41) is 15.5. The molecule has 1 amide bonds. The van der Waals surface area contributed by atoms with Crippen molar-refractivity contribution in [3.05, 3.63) is 46.8 Å². The molecular formula is C16H18N2O4. The third-order valence-corrected chi connectivity index (χ3v) is 3.47. The van der Waals surface area contributed by atoms with Gasteiger partial charge in [-0.15, -0.1) is 0 Å². The molecule has 0 spiro atoms. The minimum Gasteiger partial charge on any atom is -0.478 e. The third kappa shape index (κ3) is 3.52. The molecule has 116 valence electrons. The first-order valence-corrected chi connectivity index (χ1v) is 6.94. The lowest BCUT2D eigenvalue weighted by molar-refractivity contribution is -0.116. The van der Waals surface area contributed by atoms with Crippen LogP contribution in [-0.4, -0.2) is 22.1 Å². The van der Waals surface area contributed by atoms with Crippen molar-refractivity contribution in [1.82, 2.24) is 5.16 Å². The van der Waals surface area contributed by atoms with Crippen LogP contribution in [0.15, 0.2) is 28.8 Å². The van der Waals surface area contributed by atoms with Crippen molar-refractivity contribution in [3.8, 4) is 0 Å². The van der Waals surface area contributed by atoms with Gasteiger partial charge in [-0.05, 0) is 38.0 Å². The fourth-order valence-electron chi connectivity index (χ4n) is 2.52. The lowest BCUT2D eigenvalue weighted by atomic mass is 9.96. The fourth-order valence-corrected chi connectivity index (χ4v) is 2.52. The maximum absolute atomic E-state index is 12.1. The molecule has 1 unspecified atom stereocenters. The Morgan fingerprint density at radius 1 is 1.36 bits per heavy atom. The molecule has 0 aliphatic heterocycles. The Morgan fingerprint density at radius 2 is 2.09 bits per heavy atom. The van der Waals surface area contributed by atoms with Crippen LogP contribution in [0.4, 0.5) is 5.69 Å². The van der Waals surface area contributed by atoms with Crippen molar-refractivity contribution in [2.45, 2.75) is 33.1 Å². The van der Waals surface area contributed by atoms with Gasteiger partial charge in [-0.2, -0.15) is 0 Å². The highest BCUT2D eigenvalue weighted by atomic mass is 16.5. The van der Waals surface area contributed by atoms with E-state index in [1.54, 1.807) is 12.1 Å². The topological polar surface area (TPSA) is 92.4 Å². The summed E-state index contributed by atoms with van der Waals surface area (Å²) in [6.45, 7) is 5.59. The molecule has 2 rings (SSSR count). The van der Waals surface area contributed by atoms with E-state index in [1.165, 1.54) is 12.1 Å². The van der Waals surface area contributed by atoms with Crippen LogP contribution in [0.25, 0.3) is 0 Å². The van der Waals surface area contributed by atoms with Gasteiger partial charge in [-0.3, -0.25) is 4.79 Å². The number of carbonyl (C=O) groups is 2. The van der Waals surface area contributed by atoms with Crippen molar-refractivity contribution in [1.29, 1.82) is 0 Å². The Bertz CT molecular complexity index is 686. The van der Waals surface area contributed by atoms with E-state index in [2.05, 4.69) is 10.5 Å². The van der Waals surface area contributed by atoms with Gasteiger partial charge in [0, 0.05) is 17.7 Å². The number of nitrogens with one attached hydrogen (secondary N) is 1. The maximum Gasteiger partial charge on any atom is 0.335 e. The molecular weight excluding hydrogens is 284 g/mol. The van der Waals surface area contributed by atoms with Gasteiger partial charge in [0.2, 0.25) is 5.91 Å². The van der Waals surface area contributed by atoms with E-state index in [1.807, 2.05) is 20.8 Å². The first-order chi connectivity index (χ1) is 10.4. The average molecular weight is 302 g/mol. The van der Waals surface area contributed by atoms with Crippen LogP contribution in [0.5, 0.6) is 0 Å². The van der Waals surface area contributed by atoms with Crippen LogP contribution >= 0.6 is 0 Å². The Morgan fingerprint density at radius 3 is 2.68 bits per heavy atom. The molecule has 2 N–H and O–H groups in total. The van der Waals surface area contributed by atoms with Gasteiger partial charge in [-0.25, -0.2) is 4.79 Å². The smallest absolute Gasteiger partial charge is 0.335 e. The number of hydrogen-bond donors (Lipinski definition) is 2. The number of amides is 1. The summed E-state index contributed by atoms with van der Waals surface area (Å²) >= 11 is 0. The van der Waals surface area contributed by atoms with Crippen LogP contribution in [0.3, 0.4) is 0 Å². The summed E-state index contributed by atoms with van der Waals surface area (Å²) < 4.78 is 5.11. The van der Waals surface area contributed by atoms with E-state index in [-0.39, 0.29) is 23.8 Å². The molecule has 2 aromatic rings. The molecule has 0 saturated heterocycles. The van der Waals surface area contributed by atoms with Gasteiger partial charge in [0.15, 0.2) is 0 Å². The van der Waals surface area contributed by atoms with Crippen LogP contribution < -0.4 is 5.32 Å². The fraction of sp³-hybridized carbons (Fsp3) is 0.312. The van der Waals surface area contributed by atoms with E-state index in [0.29, 0.717) is 11.4 Å². The predicted octanol–water partition coefficient (Wildman–Crippen LogP) is 3.12. The second-order valence-electron chi connectivity index (χ2n) is 5.28. The first kappa shape index (κ1) is 15.8. The summed E-state index contributed by atoms with van der Waals surface area (Å²) in [5.41, 5.74) is 2.33. The molecule has 6 nitrogen and oxygen atoms in total. The van der Waals surface area contributed by atoms with Crippen LogP contribution in [0, 0.1) is 13.8 Å². The molecule has 0 aliphatic carbocycles. The number of aromatic nitrogens is 1. The molecule has 0 saturated carbocycles. The normalized spacial score (nSPS) is 12.0. The first-order valence-electron chi connectivity index (χ1n) is 6.94. The SMILES string of the molecule is Cc1noc(C)c1C(C)CC(=O)Nc1cccc(C(=O)O)c1. The third-order valence-electron chi connectivity index (χ3n) is 3.47. The van der Waals surface area contributed by atoms with Gasteiger partial charge in [0.05, 0.1) is 11.3 Å². The Labute approximate surface area is 128 Å². The summed E-state index contributed by atoms with van der Waals surface area (Å²) in [5.74, 6) is -0.533. The van der Waals surface area contributed by atoms with E-state index in [9.17, 15) is 9.59 Å². The molecule has 1 aromatic heterocycles. The van der Waals surface area contributed by atoms with Gasteiger partial charge < -0.3 is 14.9 Å². The summed E-state index contributed by atoms with van der Waals surface area (Å²) in [4.78, 5) is 23.0. The molecule has 1 aromatic carbocycles. The highest BCUT2D eigenvalue weighted by Gasteiger charge is 2.19. The minimum atomic E-state index is -1.03. The zero-order chi connectivity index (χ0) is 16.3. The second kappa shape index (κ2) is 6.43. The maximum atomic E-state index is 12.1. The van der Waals surface area contributed by atoms with Gasteiger partial charge in [0.1, 0.15) is 5.76 Å². The Kier molecular flexibility index (Phi) is 4.60. The quantitative estimate of drug-likeness (QED) is 0.885. The Hall–Kier alpha value is -2.63. The Balaban J connectivity index is 2.04. The van der Waals surface area contributed by atoms with Gasteiger partial charge in [0.25, 0.3) is 0 Å². The van der Waals surface area contributed by atoms with Gasteiger partial charge in [-0.1, -0.05) is 18.1 Å². The van der Waals surface area contributed by atoms with Crippen molar-refractivity contribution in [2.24, 2.45) is 0 Å². The number of carboxylic acid groups (broad SMARTS) is 1. The lowest BCUT2D eigenvalue weighted by Gasteiger charge is -2.11. The summed E-state index contributed by atoms with van der Waals surface area (Å²) in [6.07, 6.45) is 0.264. The number of carbonyl (C=O) groups excluding carboxylic acids is 1. The molecule has 1 heterocycles. The molecule has 0 bridgehead atoms. The van der Waals surface area contributed by atoms with Crippen molar-refractivity contribution >= 4 is 17.6 Å². The van der Waals surface area contributed by atoms with Crippen LogP contribution in [0.1, 0.15) is 46.6 Å². The number of rotatable bonds is 5. The summed E-state index contributed by atoms with van der Waals surface area (Å²) in [7, 11) is 0. The molecule has 6 heteroatoms. The predicted molar refractivity (Wildman–Crippen MR) is 81.0 cm³/mol. The van der Waals surface area contributed by atoms with E-state index in [4.69, 9.17) is 9.63 Å². The number of anilines is 1. The minimum absolute atomic E-state index is 0.0334. The van der Waals surface area contributed by atoms with Crippen LogP contribution in [0.2, 0.25) is 0 Å². The van der Waals surface area contributed by atoms with Crippen molar-refractivity contribution in [2.75, 3.05) is 5.32 Å². The monoisotopic (exact) mass is 302 g/mol. The van der Waals surface area contributed by atoms with E-state index in [0.717, 1.165) is 11.3 Å². The molecule has 0 radical (unpaired) electrons.